The Morgan fingerprint density at radius 1 is 1.04 bits per heavy atom. The van der Waals surface area contributed by atoms with Crippen LogP contribution < -0.4 is 5.32 Å². The quantitative estimate of drug-likeness (QED) is 0.851. The number of carbonyl (C=O) groups excluding carboxylic acids is 1. The highest BCUT2D eigenvalue weighted by Crippen LogP contribution is 2.40. The lowest BCUT2D eigenvalue weighted by molar-refractivity contribution is 0.0879. The first-order valence-electron chi connectivity index (χ1n) is 10.0. The van der Waals surface area contributed by atoms with Crippen LogP contribution in [0, 0.1) is 25.7 Å². The van der Waals surface area contributed by atoms with Gasteiger partial charge in [-0.1, -0.05) is 25.7 Å². The van der Waals surface area contributed by atoms with Crippen molar-refractivity contribution in [3.63, 3.8) is 0 Å². The molecule has 27 heavy (non-hydrogen) atoms. The molecule has 0 radical (unpaired) electrons. The fraction of sp³-hybridized carbons (Fsp3) is 0.667. The van der Waals surface area contributed by atoms with Gasteiger partial charge in [-0.2, -0.15) is 0 Å². The van der Waals surface area contributed by atoms with Crippen LogP contribution in [0.15, 0.2) is 17.0 Å². The fourth-order valence-electron chi connectivity index (χ4n) is 4.70. The molecule has 2 aliphatic carbocycles. The van der Waals surface area contributed by atoms with Crippen molar-refractivity contribution in [2.75, 3.05) is 14.1 Å². The lowest BCUT2D eigenvalue weighted by Gasteiger charge is -2.39. The second-order valence-corrected chi connectivity index (χ2v) is 10.6. The monoisotopic (exact) mass is 392 g/mol. The molecular weight excluding hydrogens is 360 g/mol. The Bertz CT molecular complexity index is 817. The van der Waals surface area contributed by atoms with Gasteiger partial charge in [0.25, 0.3) is 5.91 Å². The molecule has 3 atom stereocenters. The van der Waals surface area contributed by atoms with Gasteiger partial charge in [0.1, 0.15) is 0 Å². The van der Waals surface area contributed by atoms with Crippen molar-refractivity contribution in [2.45, 2.75) is 69.7 Å². The minimum Gasteiger partial charge on any atom is -0.349 e. The van der Waals surface area contributed by atoms with Crippen LogP contribution in [0.2, 0.25) is 0 Å². The van der Waals surface area contributed by atoms with Gasteiger partial charge in [-0.05, 0) is 68.2 Å². The van der Waals surface area contributed by atoms with Crippen LogP contribution in [0.4, 0.5) is 0 Å². The van der Waals surface area contributed by atoms with E-state index in [4.69, 9.17) is 0 Å². The molecule has 2 aliphatic rings. The summed E-state index contributed by atoms with van der Waals surface area (Å²) in [7, 11) is -0.555. The van der Waals surface area contributed by atoms with Crippen LogP contribution in [-0.4, -0.2) is 38.8 Å². The van der Waals surface area contributed by atoms with E-state index in [0.717, 1.165) is 30.2 Å². The molecule has 0 spiro atoms. The van der Waals surface area contributed by atoms with E-state index >= 15 is 0 Å². The average molecular weight is 393 g/mol. The first-order chi connectivity index (χ1) is 12.7. The Balaban J connectivity index is 1.78. The largest absolute Gasteiger partial charge is 0.349 e. The minimum absolute atomic E-state index is 0.160. The van der Waals surface area contributed by atoms with E-state index in [-0.39, 0.29) is 16.8 Å². The summed E-state index contributed by atoms with van der Waals surface area (Å²) in [6.07, 6.45) is 8.57. The number of amides is 1. The number of aryl methyl sites for hydroxylation is 1. The summed E-state index contributed by atoms with van der Waals surface area (Å²) >= 11 is 0. The Kier molecular flexibility index (Phi) is 5.96. The maximum absolute atomic E-state index is 12.9. The highest BCUT2D eigenvalue weighted by atomic mass is 32.2. The summed E-state index contributed by atoms with van der Waals surface area (Å²) in [4.78, 5) is 13.1. The van der Waals surface area contributed by atoms with Gasteiger partial charge >= 0.3 is 0 Å². The smallest absolute Gasteiger partial charge is 0.251 e. The van der Waals surface area contributed by atoms with Crippen molar-refractivity contribution in [2.24, 2.45) is 11.8 Å². The third-order valence-electron chi connectivity index (χ3n) is 6.52. The fourth-order valence-corrected chi connectivity index (χ4v) is 5.91. The van der Waals surface area contributed by atoms with E-state index in [0.29, 0.717) is 11.1 Å². The number of sulfonamides is 1. The van der Waals surface area contributed by atoms with Gasteiger partial charge in [0.05, 0.1) is 4.90 Å². The van der Waals surface area contributed by atoms with E-state index in [1.54, 1.807) is 13.0 Å². The summed E-state index contributed by atoms with van der Waals surface area (Å²) in [6.45, 7) is 3.64. The van der Waals surface area contributed by atoms with Crippen molar-refractivity contribution in [3.05, 3.63) is 28.8 Å². The van der Waals surface area contributed by atoms with E-state index in [9.17, 15) is 13.2 Å². The summed E-state index contributed by atoms with van der Waals surface area (Å²) in [6, 6.07) is 3.53. The molecule has 2 fully saturated rings. The summed E-state index contributed by atoms with van der Waals surface area (Å²) in [5.74, 6) is 1.42. The Hall–Kier alpha value is -1.40. The standard InChI is InChI=1S/C21H32N2O3S/c1-14-11-18(13-20(15(14)2)27(25,26)23(3)4)21(24)22-19-10-9-16-7-5-6-8-17(16)12-19/h11,13,16-17,19H,5-10,12H2,1-4H3,(H,22,24)/t16-,17+,19-/m1/s1. The van der Waals surface area contributed by atoms with Crippen LogP contribution in [-0.2, 0) is 10.0 Å². The van der Waals surface area contributed by atoms with Crippen LogP contribution in [0.5, 0.6) is 0 Å². The number of hydrogen-bond donors (Lipinski definition) is 1. The van der Waals surface area contributed by atoms with Gasteiger partial charge in [-0.15, -0.1) is 0 Å². The Morgan fingerprint density at radius 3 is 2.37 bits per heavy atom. The normalized spacial score (nSPS) is 25.9. The van der Waals surface area contributed by atoms with E-state index in [1.165, 1.54) is 56.6 Å². The third kappa shape index (κ3) is 4.21. The van der Waals surface area contributed by atoms with Crippen molar-refractivity contribution < 1.29 is 13.2 Å². The number of nitrogens with one attached hydrogen (secondary N) is 1. The number of hydrogen-bond acceptors (Lipinski definition) is 3. The molecule has 0 bridgehead atoms. The number of fused-ring (bicyclic) bond motifs is 1. The van der Waals surface area contributed by atoms with E-state index < -0.39 is 10.0 Å². The van der Waals surface area contributed by atoms with Gasteiger partial charge in [0.15, 0.2) is 0 Å². The molecule has 2 saturated carbocycles. The van der Waals surface area contributed by atoms with Gasteiger partial charge < -0.3 is 5.32 Å². The number of benzene rings is 1. The molecule has 1 aromatic rings. The lowest BCUT2D eigenvalue weighted by atomic mass is 9.69. The van der Waals surface area contributed by atoms with Crippen molar-refractivity contribution in [3.8, 4) is 0 Å². The van der Waals surface area contributed by atoms with Crippen molar-refractivity contribution in [1.82, 2.24) is 9.62 Å². The van der Waals surface area contributed by atoms with Gasteiger partial charge in [-0.25, -0.2) is 12.7 Å². The zero-order chi connectivity index (χ0) is 19.8. The van der Waals surface area contributed by atoms with Crippen LogP contribution in [0.1, 0.15) is 66.4 Å². The highest BCUT2D eigenvalue weighted by Gasteiger charge is 2.33. The molecule has 1 aromatic carbocycles. The second kappa shape index (κ2) is 7.92. The van der Waals surface area contributed by atoms with E-state index in [1.807, 2.05) is 6.92 Å². The Labute approximate surface area is 163 Å². The van der Waals surface area contributed by atoms with Gasteiger partial charge in [0.2, 0.25) is 10.0 Å². The summed E-state index contributed by atoms with van der Waals surface area (Å²) in [5, 5.41) is 3.18. The van der Waals surface area contributed by atoms with Crippen LogP contribution in [0.3, 0.4) is 0 Å². The zero-order valence-corrected chi connectivity index (χ0v) is 17.7. The van der Waals surface area contributed by atoms with Crippen LogP contribution >= 0.6 is 0 Å². The Morgan fingerprint density at radius 2 is 1.70 bits per heavy atom. The van der Waals surface area contributed by atoms with Gasteiger partial charge in [-0.3, -0.25) is 4.79 Å². The molecule has 0 heterocycles. The molecule has 1 N–H and O–H groups in total. The molecule has 0 aliphatic heterocycles. The van der Waals surface area contributed by atoms with Gasteiger partial charge in [0, 0.05) is 25.7 Å². The molecule has 150 valence electrons. The predicted octanol–water partition coefficient (Wildman–Crippen LogP) is 3.64. The number of carbonyl (C=O) groups is 1. The summed E-state index contributed by atoms with van der Waals surface area (Å²) in [5.41, 5.74) is 1.95. The minimum atomic E-state index is -3.58. The maximum atomic E-state index is 12.9. The van der Waals surface area contributed by atoms with Crippen LogP contribution in [0.25, 0.3) is 0 Å². The maximum Gasteiger partial charge on any atom is 0.251 e. The molecule has 0 saturated heterocycles. The zero-order valence-electron chi connectivity index (χ0n) is 16.9. The molecule has 5 nitrogen and oxygen atoms in total. The first-order valence-corrected chi connectivity index (χ1v) is 11.5. The third-order valence-corrected chi connectivity index (χ3v) is 8.46. The average Bonchev–Trinajstić information content (AvgIpc) is 2.63. The molecule has 0 unspecified atom stereocenters. The number of nitrogens with zero attached hydrogens (tertiary/aromatic N) is 1. The first kappa shape index (κ1) is 20.3. The lowest BCUT2D eigenvalue weighted by Crippen LogP contribution is -2.41. The van der Waals surface area contributed by atoms with Crippen molar-refractivity contribution in [1.29, 1.82) is 0 Å². The molecule has 6 heteroatoms. The number of rotatable bonds is 4. The molecule has 1 amide bonds. The second-order valence-electron chi connectivity index (χ2n) is 8.49. The predicted molar refractivity (Wildman–Crippen MR) is 107 cm³/mol. The highest BCUT2D eigenvalue weighted by molar-refractivity contribution is 7.89. The van der Waals surface area contributed by atoms with E-state index in [2.05, 4.69) is 5.32 Å². The molecular formula is C21H32N2O3S. The topological polar surface area (TPSA) is 66.5 Å². The SMILES string of the molecule is Cc1cc(C(=O)N[C@@H]2CC[C@H]3CCCC[C@H]3C2)cc(S(=O)(=O)N(C)C)c1C. The molecule has 0 aromatic heterocycles. The van der Waals surface area contributed by atoms with Crippen molar-refractivity contribution >= 4 is 15.9 Å². The summed E-state index contributed by atoms with van der Waals surface area (Å²) < 4.78 is 26.4. The molecule has 3 rings (SSSR count).